The molecule has 0 saturated carbocycles. The van der Waals surface area contributed by atoms with Crippen molar-refractivity contribution in [1.82, 2.24) is 29.4 Å². The number of thiazole rings is 1. The molecule has 4 heterocycles. The van der Waals surface area contributed by atoms with E-state index in [1.54, 1.807) is 42.7 Å². The minimum Gasteiger partial charge on any atom is -0.345 e. The lowest BCUT2D eigenvalue weighted by Gasteiger charge is -2.15. The second-order valence-electron chi connectivity index (χ2n) is 6.55. The number of amides is 1. The zero-order valence-corrected chi connectivity index (χ0v) is 15.1. The first-order chi connectivity index (χ1) is 12.1. The third-order valence-electron chi connectivity index (χ3n) is 4.62. The summed E-state index contributed by atoms with van der Waals surface area (Å²) >= 11 is 1.70. The Morgan fingerprint density at radius 2 is 2.28 bits per heavy atom. The Balaban J connectivity index is 1.59. The van der Waals surface area contributed by atoms with Gasteiger partial charge < -0.3 is 4.90 Å². The first-order valence-corrected chi connectivity index (χ1v) is 9.15. The van der Waals surface area contributed by atoms with Gasteiger partial charge >= 0.3 is 0 Å². The van der Waals surface area contributed by atoms with Crippen LogP contribution < -0.4 is 0 Å². The number of likely N-dealkylation sites (tertiary alicyclic amines) is 1. The molecule has 0 aliphatic carbocycles. The van der Waals surface area contributed by atoms with Gasteiger partial charge in [0.1, 0.15) is 5.56 Å². The van der Waals surface area contributed by atoms with Crippen molar-refractivity contribution in [3.8, 4) is 0 Å². The van der Waals surface area contributed by atoms with Crippen molar-refractivity contribution in [2.24, 2.45) is 0 Å². The van der Waals surface area contributed by atoms with Crippen LogP contribution in [0, 0.1) is 0 Å². The first kappa shape index (κ1) is 16.2. The van der Waals surface area contributed by atoms with E-state index < -0.39 is 0 Å². The summed E-state index contributed by atoms with van der Waals surface area (Å²) in [4.78, 5) is 26.1. The summed E-state index contributed by atoms with van der Waals surface area (Å²) in [6, 6.07) is 2.02. The van der Waals surface area contributed by atoms with Gasteiger partial charge in [0.05, 0.1) is 17.4 Å². The number of fused-ring (bicyclic) bond motifs is 1. The van der Waals surface area contributed by atoms with Crippen molar-refractivity contribution in [3.63, 3.8) is 0 Å². The van der Waals surface area contributed by atoms with E-state index in [2.05, 4.69) is 20.0 Å². The molecule has 0 radical (unpaired) electrons. The van der Waals surface area contributed by atoms with E-state index in [9.17, 15) is 4.79 Å². The lowest BCUT2D eigenvalue weighted by atomic mass is 10.0. The lowest BCUT2D eigenvalue weighted by molar-refractivity contribution is 0.0829. The molecule has 130 valence electrons. The molecule has 0 aromatic carbocycles. The highest BCUT2D eigenvalue weighted by molar-refractivity contribution is 7.09. The molecule has 3 aromatic rings. The quantitative estimate of drug-likeness (QED) is 0.714. The molecule has 8 heteroatoms. The standard InChI is InChI=1S/C17H20N6OS/c1-21(2)17(24)14-8-20-23-15(3-5-19-16(14)23)12-4-6-22(9-12)10-13-7-18-11-25-13/h3,5,7-8,11-12H,4,6,9-10H2,1-2H3/t12-/m0/s1. The zero-order valence-electron chi connectivity index (χ0n) is 14.3. The van der Waals surface area contributed by atoms with Gasteiger partial charge in [-0.05, 0) is 19.0 Å². The number of nitrogens with zero attached hydrogens (tertiary/aromatic N) is 6. The highest BCUT2D eigenvalue weighted by Gasteiger charge is 2.27. The van der Waals surface area contributed by atoms with E-state index in [0.717, 1.165) is 31.7 Å². The largest absolute Gasteiger partial charge is 0.345 e. The van der Waals surface area contributed by atoms with Crippen molar-refractivity contribution in [1.29, 1.82) is 0 Å². The highest BCUT2D eigenvalue weighted by atomic mass is 32.1. The van der Waals surface area contributed by atoms with Gasteiger partial charge in [0.15, 0.2) is 5.65 Å². The molecule has 7 nitrogen and oxygen atoms in total. The normalized spacial score (nSPS) is 18.1. The Labute approximate surface area is 149 Å². The van der Waals surface area contributed by atoms with Crippen LogP contribution in [0.15, 0.2) is 30.2 Å². The summed E-state index contributed by atoms with van der Waals surface area (Å²) in [7, 11) is 3.48. The molecule has 1 fully saturated rings. The monoisotopic (exact) mass is 356 g/mol. The third-order valence-corrected chi connectivity index (χ3v) is 5.39. The minimum atomic E-state index is -0.0714. The Hall–Kier alpha value is -2.32. The van der Waals surface area contributed by atoms with Crippen LogP contribution >= 0.6 is 11.3 Å². The molecule has 25 heavy (non-hydrogen) atoms. The predicted octanol–water partition coefficient (Wildman–Crippen LogP) is 1.88. The van der Waals surface area contributed by atoms with Crippen molar-refractivity contribution in [3.05, 3.63) is 46.3 Å². The number of rotatable bonds is 4. The maximum absolute atomic E-state index is 12.3. The fourth-order valence-electron chi connectivity index (χ4n) is 3.37. The van der Waals surface area contributed by atoms with Gasteiger partial charge in [-0.3, -0.25) is 14.7 Å². The molecule has 1 saturated heterocycles. The highest BCUT2D eigenvalue weighted by Crippen LogP contribution is 2.29. The van der Waals surface area contributed by atoms with Crippen LogP contribution in [0.4, 0.5) is 0 Å². The van der Waals surface area contributed by atoms with Gasteiger partial charge in [0.25, 0.3) is 5.91 Å². The van der Waals surface area contributed by atoms with Gasteiger partial charge in [0, 0.05) is 50.4 Å². The predicted molar refractivity (Wildman–Crippen MR) is 95.8 cm³/mol. The van der Waals surface area contributed by atoms with Crippen LogP contribution in [-0.4, -0.2) is 62.5 Å². The molecular formula is C17H20N6OS. The van der Waals surface area contributed by atoms with E-state index in [1.165, 1.54) is 4.88 Å². The van der Waals surface area contributed by atoms with Crippen molar-refractivity contribution >= 4 is 22.9 Å². The average Bonchev–Trinajstić information content (AvgIpc) is 3.34. The molecule has 0 spiro atoms. The van der Waals surface area contributed by atoms with Crippen LogP contribution in [0.3, 0.4) is 0 Å². The fourth-order valence-corrected chi connectivity index (χ4v) is 4.00. The molecular weight excluding hydrogens is 336 g/mol. The van der Waals surface area contributed by atoms with Gasteiger partial charge in [0.2, 0.25) is 0 Å². The van der Waals surface area contributed by atoms with Crippen molar-refractivity contribution in [2.45, 2.75) is 18.9 Å². The zero-order chi connectivity index (χ0) is 17.4. The van der Waals surface area contributed by atoms with Crippen molar-refractivity contribution in [2.75, 3.05) is 27.2 Å². The maximum Gasteiger partial charge on any atom is 0.258 e. The summed E-state index contributed by atoms with van der Waals surface area (Å²) in [5.74, 6) is 0.318. The summed E-state index contributed by atoms with van der Waals surface area (Å²) in [5, 5.41) is 4.45. The molecule has 4 rings (SSSR count). The molecule has 3 aromatic heterocycles. The van der Waals surface area contributed by atoms with Crippen LogP contribution in [-0.2, 0) is 6.54 Å². The van der Waals surface area contributed by atoms with Gasteiger partial charge in [-0.15, -0.1) is 11.3 Å². The van der Waals surface area contributed by atoms with Crippen LogP contribution in [0.1, 0.15) is 33.3 Å². The smallest absolute Gasteiger partial charge is 0.258 e. The molecule has 1 aliphatic heterocycles. The topological polar surface area (TPSA) is 66.6 Å². The lowest BCUT2D eigenvalue weighted by Crippen LogP contribution is -2.22. The number of hydrogen-bond acceptors (Lipinski definition) is 6. The first-order valence-electron chi connectivity index (χ1n) is 8.27. The van der Waals surface area contributed by atoms with Crippen molar-refractivity contribution < 1.29 is 4.79 Å². The van der Waals surface area contributed by atoms with E-state index >= 15 is 0 Å². The second kappa shape index (κ2) is 6.53. The Bertz CT molecular complexity index is 888. The molecule has 1 amide bonds. The summed E-state index contributed by atoms with van der Waals surface area (Å²) < 4.78 is 1.83. The van der Waals surface area contributed by atoms with Crippen LogP contribution in [0.25, 0.3) is 5.65 Å². The van der Waals surface area contributed by atoms with Gasteiger partial charge in [-0.2, -0.15) is 5.10 Å². The second-order valence-corrected chi connectivity index (χ2v) is 7.52. The van der Waals surface area contributed by atoms with E-state index in [-0.39, 0.29) is 5.91 Å². The molecule has 0 unspecified atom stereocenters. The van der Waals surface area contributed by atoms with Crippen LogP contribution in [0.2, 0.25) is 0 Å². The maximum atomic E-state index is 12.3. The summed E-state index contributed by atoms with van der Waals surface area (Å²) in [6.07, 6.45) is 6.42. The minimum absolute atomic E-state index is 0.0714. The number of carbonyl (C=O) groups excluding carboxylic acids is 1. The SMILES string of the molecule is CN(C)C(=O)c1cnn2c([C@H]3CCN(Cc4cncs4)C3)ccnc12. The Morgan fingerprint density at radius 3 is 3.04 bits per heavy atom. The van der Waals surface area contributed by atoms with Crippen LogP contribution in [0.5, 0.6) is 0 Å². The molecule has 1 aliphatic rings. The Kier molecular flexibility index (Phi) is 4.22. The summed E-state index contributed by atoms with van der Waals surface area (Å²) in [6.45, 7) is 2.98. The molecule has 1 atom stereocenters. The fraction of sp³-hybridized carbons (Fsp3) is 0.412. The molecule has 0 bridgehead atoms. The summed E-state index contributed by atoms with van der Waals surface area (Å²) in [5.41, 5.74) is 4.18. The van der Waals surface area contributed by atoms with Gasteiger partial charge in [-0.25, -0.2) is 9.50 Å². The van der Waals surface area contributed by atoms with E-state index in [1.807, 2.05) is 22.3 Å². The Morgan fingerprint density at radius 1 is 1.40 bits per heavy atom. The number of carbonyl (C=O) groups is 1. The third kappa shape index (κ3) is 3.03. The average molecular weight is 356 g/mol. The van der Waals surface area contributed by atoms with E-state index in [4.69, 9.17) is 0 Å². The van der Waals surface area contributed by atoms with Gasteiger partial charge in [-0.1, -0.05) is 0 Å². The van der Waals surface area contributed by atoms with E-state index in [0.29, 0.717) is 17.1 Å². The number of aromatic nitrogens is 4. The number of hydrogen-bond donors (Lipinski definition) is 0. The molecule has 0 N–H and O–H groups in total.